The van der Waals surface area contributed by atoms with Gasteiger partial charge in [-0.3, -0.25) is 19.5 Å². The molecule has 0 aliphatic heterocycles. The first-order valence-electron chi connectivity index (χ1n) is 9.05. The molecule has 0 radical (unpaired) electrons. The molecule has 0 aliphatic rings. The van der Waals surface area contributed by atoms with Crippen LogP contribution in [0.3, 0.4) is 0 Å². The molecule has 32 heavy (non-hydrogen) atoms. The fourth-order valence-corrected chi connectivity index (χ4v) is 4.56. The lowest BCUT2D eigenvalue weighted by Gasteiger charge is -2.09. The summed E-state index contributed by atoms with van der Waals surface area (Å²) in [6.07, 6.45) is 2.59. The molecule has 10 nitrogen and oxygen atoms in total. The lowest BCUT2D eigenvalue weighted by atomic mass is 10.3. The highest BCUT2D eigenvalue weighted by Crippen LogP contribution is 2.21. The molecule has 2 heterocycles. The zero-order valence-electron chi connectivity index (χ0n) is 16.2. The van der Waals surface area contributed by atoms with Crippen molar-refractivity contribution < 1.29 is 13.5 Å². The standard InChI is InChI=1S/C20H15N5O5S2/c26-17-16(18(27)25(20(28)23-17)14-4-2-1-3-5-14)12-22-13-6-8-15(9-7-13)32(29,30)24-19-21-10-11-31-19/h1-12,27H,(H,21,24)(H,23,26,28). The van der Waals surface area contributed by atoms with Gasteiger partial charge in [0.1, 0.15) is 5.56 Å². The normalized spacial score (nSPS) is 11.6. The minimum Gasteiger partial charge on any atom is -0.493 e. The van der Waals surface area contributed by atoms with Crippen molar-refractivity contribution in [2.24, 2.45) is 4.99 Å². The zero-order chi connectivity index (χ0) is 22.7. The smallest absolute Gasteiger partial charge is 0.335 e. The van der Waals surface area contributed by atoms with E-state index >= 15 is 0 Å². The highest BCUT2D eigenvalue weighted by Gasteiger charge is 2.16. The van der Waals surface area contributed by atoms with Crippen LogP contribution in [0.25, 0.3) is 5.69 Å². The van der Waals surface area contributed by atoms with Crippen molar-refractivity contribution in [1.29, 1.82) is 0 Å². The summed E-state index contributed by atoms with van der Waals surface area (Å²) in [6, 6.07) is 13.9. The van der Waals surface area contributed by atoms with E-state index in [0.29, 0.717) is 11.4 Å². The number of sulfonamides is 1. The molecule has 2 aromatic carbocycles. The molecule has 0 atom stereocenters. The average molecular weight is 470 g/mol. The van der Waals surface area contributed by atoms with Gasteiger partial charge in [0.2, 0.25) is 5.88 Å². The Hall–Kier alpha value is -4.03. The summed E-state index contributed by atoms with van der Waals surface area (Å²) in [5, 5.41) is 12.4. The first-order chi connectivity index (χ1) is 15.3. The summed E-state index contributed by atoms with van der Waals surface area (Å²) >= 11 is 1.15. The Morgan fingerprint density at radius 2 is 1.81 bits per heavy atom. The van der Waals surface area contributed by atoms with Gasteiger partial charge < -0.3 is 5.11 Å². The molecular formula is C20H15N5O5S2. The van der Waals surface area contributed by atoms with E-state index in [1.165, 1.54) is 30.5 Å². The number of nitrogens with one attached hydrogen (secondary N) is 2. The van der Waals surface area contributed by atoms with Gasteiger partial charge in [0, 0.05) is 17.8 Å². The van der Waals surface area contributed by atoms with Crippen molar-refractivity contribution in [1.82, 2.24) is 14.5 Å². The number of para-hydroxylation sites is 1. The lowest BCUT2D eigenvalue weighted by molar-refractivity contribution is 0.430. The van der Waals surface area contributed by atoms with E-state index in [4.69, 9.17) is 0 Å². The maximum atomic E-state index is 12.4. The number of aromatic hydroxyl groups is 1. The molecular weight excluding hydrogens is 454 g/mol. The Morgan fingerprint density at radius 3 is 2.47 bits per heavy atom. The maximum absolute atomic E-state index is 12.4. The maximum Gasteiger partial charge on any atom is 0.335 e. The molecule has 12 heteroatoms. The first-order valence-corrected chi connectivity index (χ1v) is 11.4. The largest absolute Gasteiger partial charge is 0.493 e. The van der Waals surface area contributed by atoms with E-state index in [9.17, 15) is 23.1 Å². The Bertz CT molecular complexity index is 1490. The summed E-state index contributed by atoms with van der Waals surface area (Å²) < 4.78 is 28.1. The number of rotatable bonds is 6. The van der Waals surface area contributed by atoms with E-state index < -0.39 is 27.2 Å². The van der Waals surface area contributed by atoms with Gasteiger partial charge in [-0.15, -0.1) is 11.3 Å². The second-order valence-electron chi connectivity index (χ2n) is 6.36. The van der Waals surface area contributed by atoms with Crippen LogP contribution in [-0.4, -0.2) is 34.3 Å². The SMILES string of the molecule is O=c1[nH]c(=O)n(-c2ccccc2)c(O)c1C=Nc1ccc(S(=O)(=O)Nc2nccs2)cc1. The number of H-pyrrole nitrogens is 1. The van der Waals surface area contributed by atoms with E-state index in [-0.39, 0.29) is 15.6 Å². The van der Waals surface area contributed by atoms with Crippen molar-refractivity contribution in [3.8, 4) is 11.6 Å². The summed E-state index contributed by atoms with van der Waals surface area (Å²) in [5.41, 5.74) is -1.14. The van der Waals surface area contributed by atoms with Crippen LogP contribution < -0.4 is 16.0 Å². The first kappa shape index (κ1) is 21.2. The van der Waals surface area contributed by atoms with Crippen molar-refractivity contribution >= 4 is 38.4 Å². The Kier molecular flexibility index (Phi) is 5.71. The minimum atomic E-state index is -3.81. The molecule has 0 unspecified atom stereocenters. The Balaban J connectivity index is 1.63. The molecule has 162 valence electrons. The van der Waals surface area contributed by atoms with Crippen LogP contribution in [0.15, 0.2) is 85.7 Å². The van der Waals surface area contributed by atoms with Gasteiger partial charge in [0.25, 0.3) is 15.6 Å². The number of hydrogen-bond donors (Lipinski definition) is 3. The van der Waals surface area contributed by atoms with Crippen LogP contribution in [0, 0.1) is 0 Å². The Morgan fingerprint density at radius 1 is 1.09 bits per heavy atom. The van der Waals surface area contributed by atoms with Crippen LogP contribution >= 0.6 is 11.3 Å². The van der Waals surface area contributed by atoms with Crippen LogP contribution in [0.4, 0.5) is 10.8 Å². The fraction of sp³-hybridized carbons (Fsp3) is 0. The topological polar surface area (TPSA) is 147 Å². The van der Waals surface area contributed by atoms with Crippen LogP contribution in [0.2, 0.25) is 0 Å². The number of aliphatic imine (C=N–C) groups is 1. The van der Waals surface area contributed by atoms with Gasteiger partial charge in [-0.2, -0.15) is 0 Å². The van der Waals surface area contributed by atoms with E-state index in [1.54, 1.807) is 35.7 Å². The van der Waals surface area contributed by atoms with Gasteiger partial charge >= 0.3 is 5.69 Å². The zero-order valence-corrected chi connectivity index (χ0v) is 17.8. The van der Waals surface area contributed by atoms with E-state index in [1.807, 2.05) is 0 Å². The average Bonchev–Trinajstić information content (AvgIpc) is 3.27. The predicted molar refractivity (Wildman–Crippen MR) is 121 cm³/mol. The molecule has 4 aromatic rings. The second-order valence-corrected chi connectivity index (χ2v) is 8.94. The molecule has 3 N–H and O–H groups in total. The van der Waals surface area contributed by atoms with E-state index in [2.05, 4.69) is 19.7 Å². The number of benzene rings is 2. The molecule has 0 aliphatic carbocycles. The van der Waals surface area contributed by atoms with Crippen molar-refractivity contribution in [2.75, 3.05) is 4.72 Å². The number of nitrogens with zero attached hydrogens (tertiary/aromatic N) is 3. The van der Waals surface area contributed by atoms with Crippen molar-refractivity contribution in [3.63, 3.8) is 0 Å². The van der Waals surface area contributed by atoms with E-state index in [0.717, 1.165) is 22.1 Å². The minimum absolute atomic E-state index is 0.00460. The van der Waals surface area contributed by atoms with Crippen LogP contribution in [0.5, 0.6) is 5.88 Å². The molecule has 0 bridgehead atoms. The molecule has 2 aromatic heterocycles. The molecule has 0 amide bonds. The molecule has 0 saturated heterocycles. The van der Waals surface area contributed by atoms with Crippen molar-refractivity contribution in [2.45, 2.75) is 4.90 Å². The molecule has 4 rings (SSSR count). The third-order valence-electron chi connectivity index (χ3n) is 4.28. The third-order valence-corrected chi connectivity index (χ3v) is 6.45. The number of thiazole rings is 1. The van der Waals surface area contributed by atoms with Gasteiger partial charge in [-0.1, -0.05) is 18.2 Å². The third kappa shape index (κ3) is 4.36. The van der Waals surface area contributed by atoms with Gasteiger partial charge in [-0.25, -0.2) is 22.8 Å². The number of hydrogen-bond acceptors (Lipinski definition) is 8. The number of anilines is 1. The Labute approximate surface area is 185 Å². The second kappa shape index (κ2) is 8.61. The molecule has 0 saturated carbocycles. The lowest BCUT2D eigenvalue weighted by Crippen LogP contribution is -2.31. The highest BCUT2D eigenvalue weighted by atomic mass is 32.2. The predicted octanol–water partition coefficient (Wildman–Crippen LogP) is 2.24. The number of aromatic amines is 1. The monoisotopic (exact) mass is 469 g/mol. The summed E-state index contributed by atoms with van der Waals surface area (Å²) in [6.45, 7) is 0. The highest BCUT2D eigenvalue weighted by molar-refractivity contribution is 7.93. The quantitative estimate of drug-likeness (QED) is 0.369. The van der Waals surface area contributed by atoms with Crippen LogP contribution in [-0.2, 0) is 10.0 Å². The van der Waals surface area contributed by atoms with Gasteiger partial charge in [-0.05, 0) is 36.4 Å². The number of aromatic nitrogens is 3. The van der Waals surface area contributed by atoms with Gasteiger partial charge in [0.05, 0.1) is 16.3 Å². The van der Waals surface area contributed by atoms with Crippen LogP contribution in [0.1, 0.15) is 5.56 Å². The fourth-order valence-electron chi connectivity index (χ4n) is 2.77. The molecule has 0 spiro atoms. The summed E-state index contributed by atoms with van der Waals surface area (Å²) in [7, 11) is -3.81. The summed E-state index contributed by atoms with van der Waals surface area (Å²) in [4.78, 5) is 34.5. The van der Waals surface area contributed by atoms with Crippen molar-refractivity contribution in [3.05, 3.63) is 92.6 Å². The molecule has 0 fully saturated rings. The van der Waals surface area contributed by atoms with Gasteiger partial charge in [0.15, 0.2) is 5.13 Å². The summed E-state index contributed by atoms with van der Waals surface area (Å²) in [5.74, 6) is -0.569.